The zero-order valence-corrected chi connectivity index (χ0v) is 13.6. The number of ether oxygens (including phenoxy) is 5. The van der Waals surface area contributed by atoms with Crippen molar-refractivity contribution in [2.45, 2.75) is 24.0 Å². The lowest BCUT2D eigenvalue weighted by molar-refractivity contribution is -0.132. The van der Waals surface area contributed by atoms with Gasteiger partial charge in [0.2, 0.25) is 0 Å². The van der Waals surface area contributed by atoms with Crippen molar-refractivity contribution in [1.29, 1.82) is 0 Å². The van der Waals surface area contributed by atoms with Crippen molar-refractivity contribution in [3.05, 3.63) is 0 Å². The topological polar surface area (TPSA) is 86.6 Å². The molecule has 3 aliphatic rings. The first-order valence-electron chi connectivity index (χ1n) is 8.49. The van der Waals surface area contributed by atoms with E-state index in [4.69, 9.17) is 23.7 Å². The largest absolute Gasteiger partial charge is 0.396 e. The van der Waals surface area contributed by atoms with E-state index in [0.717, 1.165) is 12.8 Å². The third kappa shape index (κ3) is 3.42. The Hall–Kier alpha value is -0.280. The Kier molecular flexibility index (Phi) is 5.90. The van der Waals surface area contributed by atoms with Crippen LogP contribution >= 0.6 is 0 Å². The maximum absolute atomic E-state index is 9.86. The summed E-state index contributed by atoms with van der Waals surface area (Å²) < 4.78 is 28.8. The van der Waals surface area contributed by atoms with E-state index < -0.39 is 11.2 Å². The molecule has 3 saturated heterocycles. The van der Waals surface area contributed by atoms with Gasteiger partial charge in [-0.25, -0.2) is 0 Å². The minimum Gasteiger partial charge on any atom is -0.396 e. The van der Waals surface area contributed by atoms with Crippen LogP contribution in [0.5, 0.6) is 0 Å². The molecule has 2 N–H and O–H groups in total. The second-order valence-corrected chi connectivity index (χ2v) is 6.64. The van der Waals surface area contributed by atoms with E-state index in [1.807, 2.05) is 0 Å². The molecule has 23 heavy (non-hydrogen) atoms. The van der Waals surface area contributed by atoms with Gasteiger partial charge in [0, 0.05) is 25.0 Å². The first-order chi connectivity index (χ1) is 11.3. The molecule has 4 atom stereocenters. The van der Waals surface area contributed by atoms with Crippen molar-refractivity contribution in [3.63, 3.8) is 0 Å². The zero-order chi connectivity index (χ0) is 16.2. The number of aliphatic hydroxyl groups excluding tert-OH is 2. The fourth-order valence-corrected chi connectivity index (χ4v) is 4.24. The lowest BCUT2D eigenvalue weighted by Gasteiger charge is -2.37. The third-order valence-electron chi connectivity index (χ3n) is 5.42. The van der Waals surface area contributed by atoms with Gasteiger partial charge < -0.3 is 33.9 Å². The molecule has 0 aliphatic carbocycles. The highest BCUT2D eigenvalue weighted by atomic mass is 16.6. The summed E-state index contributed by atoms with van der Waals surface area (Å²) in [5.74, 6) is -0.259. The third-order valence-corrected chi connectivity index (χ3v) is 5.42. The molecule has 7 heteroatoms. The monoisotopic (exact) mass is 332 g/mol. The minimum absolute atomic E-state index is 0.0179. The summed E-state index contributed by atoms with van der Waals surface area (Å²) in [7, 11) is 0. The molecule has 0 radical (unpaired) electrons. The Balaban J connectivity index is 1.73. The Morgan fingerprint density at radius 3 is 1.43 bits per heavy atom. The summed E-state index contributed by atoms with van der Waals surface area (Å²) in [5.41, 5.74) is -1.05. The maximum Gasteiger partial charge on any atom is 0.0979 e. The molecule has 0 aromatic carbocycles. The summed E-state index contributed by atoms with van der Waals surface area (Å²) >= 11 is 0. The van der Waals surface area contributed by atoms with Gasteiger partial charge in [0.25, 0.3) is 0 Å². The highest BCUT2D eigenvalue weighted by Gasteiger charge is 2.66. The van der Waals surface area contributed by atoms with Crippen molar-refractivity contribution < 1.29 is 33.9 Å². The van der Waals surface area contributed by atoms with Crippen molar-refractivity contribution >= 4 is 0 Å². The molecule has 134 valence electrons. The van der Waals surface area contributed by atoms with E-state index in [9.17, 15) is 10.2 Å². The average Bonchev–Trinajstić information content (AvgIpc) is 3.05. The van der Waals surface area contributed by atoms with Crippen molar-refractivity contribution in [2.75, 3.05) is 66.1 Å². The quantitative estimate of drug-likeness (QED) is 0.710. The van der Waals surface area contributed by atoms with Crippen LogP contribution in [0.15, 0.2) is 0 Å². The Bertz CT molecular complexity index is 345. The van der Waals surface area contributed by atoms with Gasteiger partial charge in [-0.2, -0.15) is 0 Å². The molecule has 0 amide bonds. The molecular formula is C16H28O7. The molecule has 7 nitrogen and oxygen atoms in total. The second kappa shape index (κ2) is 7.74. The van der Waals surface area contributed by atoms with Crippen LogP contribution in [0.1, 0.15) is 12.8 Å². The predicted molar refractivity (Wildman–Crippen MR) is 80.2 cm³/mol. The van der Waals surface area contributed by atoms with Crippen LogP contribution in [-0.4, -0.2) is 87.5 Å². The summed E-state index contributed by atoms with van der Waals surface area (Å²) in [6.45, 7) is 3.86. The standard InChI is InChI=1S/C16H28O7/c17-9-13-14(10-18)16-2-1-15(13,23-16)11-21-7-5-19-3-4-20-6-8-22-12-16/h13-14,17-18H,1-12H2/t13-,14+,15-,16+. The van der Waals surface area contributed by atoms with Gasteiger partial charge in [-0.05, 0) is 12.8 Å². The lowest BCUT2D eigenvalue weighted by atomic mass is 9.67. The molecule has 3 aliphatic heterocycles. The van der Waals surface area contributed by atoms with Crippen LogP contribution in [0, 0.1) is 11.8 Å². The van der Waals surface area contributed by atoms with Gasteiger partial charge in [0.15, 0.2) is 0 Å². The van der Waals surface area contributed by atoms with E-state index in [2.05, 4.69) is 0 Å². The summed E-state index contributed by atoms with van der Waals surface area (Å²) in [5, 5.41) is 19.7. The van der Waals surface area contributed by atoms with Crippen LogP contribution in [-0.2, 0) is 23.7 Å². The van der Waals surface area contributed by atoms with Crippen LogP contribution in [0.2, 0.25) is 0 Å². The Morgan fingerprint density at radius 2 is 1.04 bits per heavy atom. The normalized spacial score (nSPS) is 43.0. The Morgan fingerprint density at radius 1 is 0.652 bits per heavy atom. The number of aliphatic hydroxyl groups is 2. The van der Waals surface area contributed by atoms with Gasteiger partial charge >= 0.3 is 0 Å². The van der Waals surface area contributed by atoms with Crippen LogP contribution in [0.25, 0.3) is 0 Å². The van der Waals surface area contributed by atoms with E-state index in [-0.39, 0.29) is 25.0 Å². The lowest BCUT2D eigenvalue weighted by Crippen LogP contribution is -2.48. The van der Waals surface area contributed by atoms with Crippen LogP contribution in [0.4, 0.5) is 0 Å². The van der Waals surface area contributed by atoms with Crippen molar-refractivity contribution in [1.82, 2.24) is 0 Å². The van der Waals surface area contributed by atoms with Crippen molar-refractivity contribution in [2.24, 2.45) is 11.8 Å². The predicted octanol–water partition coefficient (Wildman–Crippen LogP) is -0.415. The molecule has 0 unspecified atom stereocenters. The smallest absolute Gasteiger partial charge is 0.0979 e. The SMILES string of the molecule is OC[C@@H]1[C@H](CO)[C@]23CC[C@]1(COCCOCCOCCOC2)O3. The van der Waals surface area contributed by atoms with Gasteiger partial charge in [-0.15, -0.1) is 0 Å². The number of hydrogen-bond acceptors (Lipinski definition) is 7. The average molecular weight is 332 g/mol. The van der Waals surface area contributed by atoms with Gasteiger partial charge in [0.1, 0.15) is 0 Å². The molecule has 0 saturated carbocycles. The summed E-state index contributed by atoms with van der Waals surface area (Å²) in [6.07, 6.45) is 1.63. The molecule has 3 rings (SSSR count). The molecule has 0 aromatic heterocycles. The molecule has 2 bridgehead atoms. The number of rotatable bonds is 2. The molecular weight excluding hydrogens is 304 g/mol. The molecule has 3 heterocycles. The highest BCUT2D eigenvalue weighted by Crippen LogP contribution is 2.57. The van der Waals surface area contributed by atoms with Gasteiger partial charge in [-0.1, -0.05) is 0 Å². The van der Waals surface area contributed by atoms with E-state index in [0.29, 0.717) is 52.9 Å². The van der Waals surface area contributed by atoms with Crippen LogP contribution in [0.3, 0.4) is 0 Å². The molecule has 0 spiro atoms. The fourth-order valence-electron chi connectivity index (χ4n) is 4.24. The first kappa shape index (κ1) is 17.5. The van der Waals surface area contributed by atoms with Gasteiger partial charge in [-0.3, -0.25) is 0 Å². The van der Waals surface area contributed by atoms with Crippen molar-refractivity contribution in [3.8, 4) is 0 Å². The maximum atomic E-state index is 9.86. The summed E-state index contributed by atoms with van der Waals surface area (Å²) in [4.78, 5) is 0. The minimum atomic E-state index is -0.526. The highest BCUT2D eigenvalue weighted by molar-refractivity contribution is 5.14. The Labute approximate surface area is 136 Å². The molecule has 0 aromatic rings. The summed E-state index contributed by atoms with van der Waals surface area (Å²) in [6, 6.07) is 0. The second-order valence-electron chi connectivity index (χ2n) is 6.64. The van der Waals surface area contributed by atoms with E-state index in [1.165, 1.54) is 0 Å². The number of hydrogen-bond donors (Lipinski definition) is 2. The van der Waals surface area contributed by atoms with E-state index in [1.54, 1.807) is 0 Å². The van der Waals surface area contributed by atoms with E-state index >= 15 is 0 Å². The zero-order valence-electron chi connectivity index (χ0n) is 13.6. The van der Waals surface area contributed by atoms with Crippen LogP contribution < -0.4 is 0 Å². The fraction of sp³-hybridized carbons (Fsp3) is 1.00. The molecule has 3 fully saturated rings. The van der Waals surface area contributed by atoms with Gasteiger partial charge in [0.05, 0.1) is 64.1 Å². The first-order valence-corrected chi connectivity index (χ1v) is 8.49.